The van der Waals surface area contributed by atoms with Gasteiger partial charge in [-0.15, -0.1) is 0 Å². The Labute approximate surface area is 106 Å². The normalized spacial score (nSPS) is 11.7. The van der Waals surface area contributed by atoms with E-state index >= 15 is 0 Å². The van der Waals surface area contributed by atoms with Crippen molar-refractivity contribution in [3.05, 3.63) is 0 Å². The number of hydrogen-bond acceptors (Lipinski definition) is 6. The molecule has 0 amide bonds. The Hall–Kier alpha value is -0.910. The Morgan fingerprint density at radius 2 is 1.82 bits per heavy atom. The van der Waals surface area contributed by atoms with Gasteiger partial charge >= 0.3 is 11.5 Å². The average molecular weight is 264 g/mol. The maximum absolute atomic E-state index is 11.0. The van der Waals surface area contributed by atoms with Crippen LogP contribution in [0.3, 0.4) is 0 Å². The second-order valence-corrected chi connectivity index (χ2v) is 4.32. The molecule has 0 spiro atoms. The van der Waals surface area contributed by atoms with Crippen LogP contribution in [0.5, 0.6) is 0 Å². The molecule has 17 heavy (non-hydrogen) atoms. The molecule has 5 nitrogen and oxygen atoms in total. The Morgan fingerprint density at radius 1 is 1.18 bits per heavy atom. The Morgan fingerprint density at radius 3 is 2.41 bits per heavy atom. The van der Waals surface area contributed by atoms with Crippen LogP contribution in [0.25, 0.3) is 0 Å². The van der Waals surface area contributed by atoms with Gasteiger partial charge < -0.3 is 14.2 Å². The predicted octanol–water partition coefficient (Wildman–Crippen LogP) is 3.22. The molecule has 0 rings (SSSR count). The van der Waals surface area contributed by atoms with Crippen LogP contribution in [0, 0.1) is 0 Å². The molecule has 0 saturated heterocycles. The minimum absolute atomic E-state index is 0.197. The number of carbonyl (C=O) groups is 2. The third-order valence-electron chi connectivity index (χ3n) is 1.80. The minimum atomic E-state index is -0.641. The maximum atomic E-state index is 11.0. The molecule has 0 bridgehead atoms. The van der Waals surface area contributed by atoms with E-state index in [4.69, 9.17) is 9.47 Å². The third kappa shape index (κ3) is 9.99. The van der Waals surface area contributed by atoms with Crippen molar-refractivity contribution in [2.75, 3.05) is 19.0 Å². The smallest absolute Gasteiger partial charge is 0.458 e. The molecule has 1 atom stereocenters. The van der Waals surface area contributed by atoms with E-state index in [1.54, 1.807) is 20.8 Å². The van der Waals surface area contributed by atoms with Crippen LogP contribution in [0.1, 0.15) is 33.6 Å². The molecule has 0 N–H and O–H groups in total. The van der Waals surface area contributed by atoms with E-state index in [9.17, 15) is 9.59 Å². The minimum Gasteiger partial charge on any atom is -0.458 e. The summed E-state index contributed by atoms with van der Waals surface area (Å²) in [6, 6.07) is 0. The van der Waals surface area contributed by atoms with Gasteiger partial charge in [-0.3, -0.25) is 0 Å². The highest BCUT2D eigenvalue weighted by Gasteiger charge is 2.10. The molecule has 1 unspecified atom stereocenters. The SMILES string of the molecule is CCOC(=O)OC(C)CCCSC(=O)OCC. The van der Waals surface area contributed by atoms with Crippen molar-refractivity contribution >= 4 is 23.2 Å². The molecule has 0 aromatic carbocycles. The molecule has 0 aromatic heterocycles. The molecule has 0 fully saturated rings. The summed E-state index contributed by atoms with van der Waals surface area (Å²) in [6.45, 7) is 6.00. The monoisotopic (exact) mass is 264 g/mol. The second-order valence-electron chi connectivity index (χ2n) is 3.29. The fraction of sp³-hybridized carbons (Fsp3) is 0.818. The van der Waals surface area contributed by atoms with Crippen molar-refractivity contribution < 1.29 is 23.8 Å². The first-order valence-corrected chi connectivity index (χ1v) is 6.71. The lowest BCUT2D eigenvalue weighted by molar-refractivity contribution is 0.0296. The van der Waals surface area contributed by atoms with Crippen LogP contribution < -0.4 is 0 Å². The van der Waals surface area contributed by atoms with Gasteiger partial charge in [-0.05, 0) is 45.4 Å². The molecule has 0 aromatic rings. The van der Waals surface area contributed by atoms with Gasteiger partial charge in [-0.1, -0.05) is 0 Å². The number of thioether (sulfide) groups is 1. The molecule has 0 aliphatic heterocycles. The molecule has 6 heteroatoms. The quantitative estimate of drug-likeness (QED) is 0.519. The molecule has 0 saturated carbocycles. The number of carbonyl (C=O) groups excluding carboxylic acids is 2. The molecule has 0 heterocycles. The number of ether oxygens (including phenoxy) is 3. The van der Waals surface area contributed by atoms with Crippen LogP contribution in [0.15, 0.2) is 0 Å². The summed E-state index contributed by atoms with van der Waals surface area (Å²) in [5, 5.41) is -0.258. The van der Waals surface area contributed by atoms with Gasteiger partial charge in [0, 0.05) is 5.75 Å². The van der Waals surface area contributed by atoms with Crippen LogP contribution in [-0.4, -0.2) is 36.5 Å². The molecule has 0 aliphatic rings. The van der Waals surface area contributed by atoms with Crippen LogP contribution in [-0.2, 0) is 14.2 Å². The fourth-order valence-electron chi connectivity index (χ4n) is 1.06. The first-order valence-electron chi connectivity index (χ1n) is 5.73. The molecular formula is C11H20O5S. The van der Waals surface area contributed by atoms with Crippen LogP contribution >= 0.6 is 11.8 Å². The summed E-state index contributed by atoms with van der Waals surface area (Å²) >= 11 is 1.14. The second kappa shape index (κ2) is 10.3. The van der Waals surface area contributed by atoms with Gasteiger partial charge in [0.15, 0.2) is 0 Å². The first kappa shape index (κ1) is 16.1. The highest BCUT2D eigenvalue weighted by Crippen LogP contribution is 2.11. The largest absolute Gasteiger partial charge is 0.508 e. The Balaban J connectivity index is 3.47. The topological polar surface area (TPSA) is 61.8 Å². The van der Waals surface area contributed by atoms with Crippen molar-refractivity contribution in [3.63, 3.8) is 0 Å². The lowest BCUT2D eigenvalue weighted by Crippen LogP contribution is -2.16. The van der Waals surface area contributed by atoms with E-state index in [0.29, 0.717) is 25.4 Å². The van der Waals surface area contributed by atoms with E-state index in [2.05, 4.69) is 4.74 Å². The van der Waals surface area contributed by atoms with Crippen molar-refractivity contribution in [2.24, 2.45) is 0 Å². The van der Waals surface area contributed by atoms with E-state index < -0.39 is 6.16 Å². The Kier molecular flexibility index (Phi) is 9.71. The summed E-state index contributed by atoms with van der Waals surface area (Å²) in [6.07, 6.45) is 0.643. The molecule has 100 valence electrons. The van der Waals surface area contributed by atoms with Gasteiger partial charge in [-0.2, -0.15) is 0 Å². The van der Waals surface area contributed by atoms with Gasteiger partial charge in [0.05, 0.1) is 13.2 Å². The van der Waals surface area contributed by atoms with Gasteiger partial charge in [0.1, 0.15) is 6.10 Å². The lowest BCUT2D eigenvalue weighted by atomic mass is 10.2. The molecule has 0 aliphatic carbocycles. The number of hydrogen-bond donors (Lipinski definition) is 0. The van der Waals surface area contributed by atoms with Crippen molar-refractivity contribution in [1.29, 1.82) is 0 Å². The average Bonchev–Trinajstić information content (AvgIpc) is 2.25. The summed E-state index contributed by atoms with van der Waals surface area (Å²) < 4.78 is 14.4. The zero-order valence-corrected chi connectivity index (χ0v) is 11.4. The lowest BCUT2D eigenvalue weighted by Gasteiger charge is -2.12. The maximum Gasteiger partial charge on any atom is 0.508 e. The molecular weight excluding hydrogens is 244 g/mol. The standard InChI is InChI=1S/C11H20O5S/c1-4-14-10(12)16-9(3)7-6-8-17-11(13)15-5-2/h9H,4-8H2,1-3H3. The third-order valence-corrected chi connectivity index (χ3v) is 2.64. The van der Waals surface area contributed by atoms with Gasteiger partial charge in [0.2, 0.25) is 0 Å². The van der Waals surface area contributed by atoms with E-state index in [-0.39, 0.29) is 11.4 Å². The van der Waals surface area contributed by atoms with Crippen LogP contribution in [0.4, 0.5) is 9.59 Å². The van der Waals surface area contributed by atoms with Crippen molar-refractivity contribution in [2.45, 2.75) is 39.7 Å². The van der Waals surface area contributed by atoms with Gasteiger partial charge in [-0.25, -0.2) is 9.59 Å². The highest BCUT2D eigenvalue weighted by atomic mass is 32.2. The van der Waals surface area contributed by atoms with Gasteiger partial charge in [0.25, 0.3) is 0 Å². The van der Waals surface area contributed by atoms with E-state index in [1.165, 1.54) is 0 Å². The van der Waals surface area contributed by atoms with E-state index in [0.717, 1.165) is 18.2 Å². The van der Waals surface area contributed by atoms with Crippen molar-refractivity contribution in [1.82, 2.24) is 0 Å². The predicted molar refractivity (Wildman–Crippen MR) is 66.3 cm³/mol. The fourth-order valence-corrected chi connectivity index (χ4v) is 1.74. The first-order chi connectivity index (χ1) is 8.10. The zero-order chi connectivity index (χ0) is 13.1. The number of rotatable bonds is 7. The summed E-state index contributed by atoms with van der Waals surface area (Å²) in [4.78, 5) is 21.9. The Bertz CT molecular complexity index is 232. The summed E-state index contributed by atoms with van der Waals surface area (Å²) in [7, 11) is 0. The van der Waals surface area contributed by atoms with Crippen molar-refractivity contribution in [3.8, 4) is 0 Å². The highest BCUT2D eigenvalue weighted by molar-refractivity contribution is 8.13. The van der Waals surface area contributed by atoms with Crippen LogP contribution in [0.2, 0.25) is 0 Å². The molecule has 0 radical (unpaired) electrons. The van der Waals surface area contributed by atoms with E-state index in [1.807, 2.05) is 0 Å². The zero-order valence-electron chi connectivity index (χ0n) is 10.6. The summed E-state index contributed by atoms with van der Waals surface area (Å²) in [5.41, 5.74) is 0. The summed E-state index contributed by atoms with van der Waals surface area (Å²) in [5.74, 6) is 0.662.